The fraction of sp³-hybridized carbons (Fsp3) is 0.522. The largest absolute Gasteiger partial charge is 0.391 e. The highest BCUT2D eigenvalue weighted by atomic mass is 16.3. The monoisotopic (exact) mass is 394 g/mol. The van der Waals surface area contributed by atoms with E-state index in [9.17, 15) is 9.90 Å². The average Bonchev–Trinajstić information content (AvgIpc) is 3.26. The first kappa shape index (κ1) is 19.8. The molecule has 6 nitrogen and oxygen atoms in total. The van der Waals surface area contributed by atoms with Gasteiger partial charge in [-0.3, -0.25) is 4.79 Å². The Balaban J connectivity index is 1.47. The van der Waals surface area contributed by atoms with Gasteiger partial charge in [-0.15, -0.1) is 0 Å². The van der Waals surface area contributed by atoms with Crippen LogP contribution in [0.3, 0.4) is 0 Å². The van der Waals surface area contributed by atoms with E-state index in [1.165, 1.54) is 11.3 Å². The molecule has 2 aliphatic rings. The summed E-state index contributed by atoms with van der Waals surface area (Å²) in [7, 11) is 0. The lowest BCUT2D eigenvalue weighted by Crippen LogP contribution is -2.43. The van der Waals surface area contributed by atoms with Crippen LogP contribution in [0.15, 0.2) is 30.3 Å². The molecule has 0 unspecified atom stereocenters. The topological polar surface area (TPSA) is 78.4 Å². The van der Waals surface area contributed by atoms with Crippen LogP contribution in [-0.2, 0) is 17.6 Å². The van der Waals surface area contributed by atoms with E-state index in [0.717, 1.165) is 62.4 Å². The molecule has 2 aromatic rings. The third-order valence-corrected chi connectivity index (χ3v) is 6.09. The Morgan fingerprint density at radius 3 is 2.69 bits per heavy atom. The first-order chi connectivity index (χ1) is 14.2. The zero-order chi connectivity index (χ0) is 20.2. The van der Waals surface area contributed by atoms with Crippen molar-refractivity contribution in [3.05, 3.63) is 41.6 Å². The predicted octanol–water partition coefficient (Wildman–Crippen LogP) is 2.74. The van der Waals surface area contributed by atoms with Gasteiger partial charge in [-0.05, 0) is 38.5 Å². The third kappa shape index (κ3) is 4.42. The summed E-state index contributed by atoms with van der Waals surface area (Å²) in [4.78, 5) is 24.6. The lowest BCUT2D eigenvalue weighted by Gasteiger charge is -2.33. The number of nitrogens with one attached hydrogen (secondary N) is 1. The second-order valence-corrected chi connectivity index (χ2v) is 8.08. The van der Waals surface area contributed by atoms with Crippen molar-refractivity contribution < 1.29 is 9.90 Å². The minimum Gasteiger partial charge on any atom is -0.391 e. The zero-order valence-electron chi connectivity index (χ0n) is 17.1. The molecule has 154 valence electrons. The van der Waals surface area contributed by atoms with E-state index in [0.29, 0.717) is 13.0 Å². The number of aliphatic hydroxyl groups excluding tert-OH is 1. The van der Waals surface area contributed by atoms with E-state index in [1.54, 1.807) is 0 Å². The summed E-state index contributed by atoms with van der Waals surface area (Å²) in [5, 5.41) is 12.6. The molecule has 4 rings (SSSR count). The third-order valence-electron chi connectivity index (χ3n) is 6.09. The number of hydrogen-bond donors (Lipinski definition) is 2. The van der Waals surface area contributed by atoms with Gasteiger partial charge in [0.05, 0.1) is 6.10 Å². The summed E-state index contributed by atoms with van der Waals surface area (Å²) >= 11 is 0. The van der Waals surface area contributed by atoms with Crippen LogP contribution in [-0.4, -0.2) is 46.7 Å². The van der Waals surface area contributed by atoms with Gasteiger partial charge in [0.2, 0.25) is 5.91 Å². The fourth-order valence-electron chi connectivity index (χ4n) is 4.25. The SMILES string of the molecule is CC[C@H](O)CNC(=O)C1CCN(c2nc(-c3ccccc3)nc3c2CCC3)CC1. The van der Waals surface area contributed by atoms with E-state index in [2.05, 4.69) is 22.3 Å². The quantitative estimate of drug-likeness (QED) is 0.788. The van der Waals surface area contributed by atoms with E-state index in [1.807, 2.05) is 25.1 Å². The lowest BCUT2D eigenvalue weighted by molar-refractivity contribution is -0.126. The maximum Gasteiger partial charge on any atom is 0.223 e. The first-order valence-electron chi connectivity index (χ1n) is 10.8. The highest BCUT2D eigenvalue weighted by Crippen LogP contribution is 2.33. The molecule has 1 amide bonds. The molecule has 6 heteroatoms. The van der Waals surface area contributed by atoms with Gasteiger partial charge in [0.15, 0.2) is 5.82 Å². The van der Waals surface area contributed by atoms with Crippen LogP contribution in [0.2, 0.25) is 0 Å². The summed E-state index contributed by atoms with van der Waals surface area (Å²) in [6.45, 7) is 3.91. The highest BCUT2D eigenvalue weighted by Gasteiger charge is 2.29. The standard InChI is InChI=1S/C23H30N4O2/c1-2-18(28)15-24-23(29)17-11-13-27(14-12-17)22-19-9-6-10-20(19)25-21(26-22)16-7-4-3-5-8-16/h3-5,7-8,17-18,28H,2,6,9-15H2,1H3,(H,24,29)/t18-/m0/s1. The molecule has 29 heavy (non-hydrogen) atoms. The van der Waals surface area contributed by atoms with Gasteiger partial charge < -0.3 is 15.3 Å². The Morgan fingerprint density at radius 1 is 1.21 bits per heavy atom. The number of carbonyl (C=O) groups is 1. The predicted molar refractivity (Wildman–Crippen MR) is 114 cm³/mol. The molecule has 1 aromatic heterocycles. The number of aliphatic hydroxyl groups is 1. The van der Waals surface area contributed by atoms with Crippen LogP contribution in [0.5, 0.6) is 0 Å². The van der Waals surface area contributed by atoms with Crippen LogP contribution < -0.4 is 10.2 Å². The Morgan fingerprint density at radius 2 is 1.97 bits per heavy atom. The van der Waals surface area contributed by atoms with Crippen molar-refractivity contribution in [2.24, 2.45) is 5.92 Å². The van der Waals surface area contributed by atoms with Gasteiger partial charge in [-0.25, -0.2) is 9.97 Å². The molecule has 1 aliphatic heterocycles. The lowest BCUT2D eigenvalue weighted by atomic mass is 9.95. The number of fused-ring (bicyclic) bond motifs is 1. The van der Waals surface area contributed by atoms with E-state index >= 15 is 0 Å². The van der Waals surface area contributed by atoms with Gasteiger partial charge >= 0.3 is 0 Å². The molecular weight excluding hydrogens is 364 g/mol. The molecule has 0 saturated carbocycles. The Labute approximate surface area is 172 Å². The van der Waals surface area contributed by atoms with Crippen LogP contribution in [0, 0.1) is 5.92 Å². The highest BCUT2D eigenvalue weighted by molar-refractivity contribution is 5.79. The number of piperidine rings is 1. The second-order valence-electron chi connectivity index (χ2n) is 8.08. The van der Waals surface area contributed by atoms with E-state index in [-0.39, 0.29) is 11.8 Å². The van der Waals surface area contributed by atoms with Crippen molar-refractivity contribution in [2.45, 2.75) is 51.6 Å². The summed E-state index contributed by atoms with van der Waals surface area (Å²) in [5.41, 5.74) is 3.52. The minimum absolute atomic E-state index is 0.0128. The molecule has 0 radical (unpaired) electrons. The van der Waals surface area contributed by atoms with Crippen molar-refractivity contribution in [1.82, 2.24) is 15.3 Å². The maximum atomic E-state index is 12.4. The molecule has 0 bridgehead atoms. The van der Waals surface area contributed by atoms with E-state index in [4.69, 9.17) is 9.97 Å². The van der Waals surface area contributed by atoms with Gasteiger partial charge in [0.1, 0.15) is 5.82 Å². The molecule has 1 aliphatic carbocycles. The molecule has 1 fully saturated rings. The number of aryl methyl sites for hydroxylation is 1. The number of nitrogens with zero attached hydrogens (tertiary/aromatic N) is 3. The first-order valence-corrected chi connectivity index (χ1v) is 10.8. The van der Waals surface area contributed by atoms with Gasteiger partial charge in [0.25, 0.3) is 0 Å². The molecule has 1 saturated heterocycles. The van der Waals surface area contributed by atoms with Crippen molar-refractivity contribution >= 4 is 11.7 Å². The zero-order valence-corrected chi connectivity index (χ0v) is 17.1. The van der Waals surface area contributed by atoms with Crippen molar-refractivity contribution in [2.75, 3.05) is 24.5 Å². The number of benzene rings is 1. The van der Waals surface area contributed by atoms with Crippen LogP contribution in [0.25, 0.3) is 11.4 Å². The van der Waals surface area contributed by atoms with E-state index < -0.39 is 6.10 Å². The molecule has 2 N–H and O–H groups in total. The van der Waals surface area contributed by atoms with Crippen LogP contribution in [0.4, 0.5) is 5.82 Å². The summed E-state index contributed by atoms with van der Waals surface area (Å²) in [6, 6.07) is 10.2. The van der Waals surface area contributed by atoms with Crippen molar-refractivity contribution in [3.8, 4) is 11.4 Å². The molecule has 2 heterocycles. The molecule has 1 aromatic carbocycles. The Hall–Kier alpha value is -2.47. The van der Waals surface area contributed by atoms with Gasteiger partial charge in [-0.1, -0.05) is 37.3 Å². The minimum atomic E-state index is -0.459. The molecule has 1 atom stereocenters. The van der Waals surface area contributed by atoms with Crippen LogP contribution in [0.1, 0.15) is 43.9 Å². The summed E-state index contributed by atoms with van der Waals surface area (Å²) in [6.07, 6.45) is 5.01. The maximum absolute atomic E-state index is 12.4. The number of carbonyl (C=O) groups excluding carboxylic acids is 1. The molecular formula is C23H30N4O2. The number of anilines is 1. The summed E-state index contributed by atoms with van der Waals surface area (Å²) < 4.78 is 0. The fourth-order valence-corrected chi connectivity index (χ4v) is 4.25. The normalized spacial score (nSPS) is 17.8. The Kier molecular flexibility index (Phi) is 6.09. The van der Waals surface area contributed by atoms with Crippen molar-refractivity contribution in [3.63, 3.8) is 0 Å². The number of aromatic nitrogens is 2. The number of amides is 1. The Bertz CT molecular complexity index is 847. The van der Waals surface area contributed by atoms with Crippen LogP contribution >= 0.6 is 0 Å². The second kappa shape index (κ2) is 8.91. The molecule has 0 spiro atoms. The van der Waals surface area contributed by atoms with Crippen molar-refractivity contribution in [1.29, 1.82) is 0 Å². The average molecular weight is 395 g/mol. The smallest absolute Gasteiger partial charge is 0.223 e. The number of hydrogen-bond acceptors (Lipinski definition) is 5. The number of rotatable bonds is 6. The van der Waals surface area contributed by atoms with Gasteiger partial charge in [0, 0.05) is 42.4 Å². The summed E-state index contributed by atoms with van der Waals surface area (Å²) in [5.74, 6) is 1.94. The van der Waals surface area contributed by atoms with Gasteiger partial charge in [-0.2, -0.15) is 0 Å².